The van der Waals surface area contributed by atoms with Gasteiger partial charge in [0.1, 0.15) is 18.3 Å². The van der Waals surface area contributed by atoms with Gasteiger partial charge in [0.25, 0.3) is 10.0 Å². The van der Waals surface area contributed by atoms with Crippen LogP contribution in [0.15, 0.2) is 77.7 Å². The third kappa shape index (κ3) is 6.68. The van der Waals surface area contributed by atoms with Gasteiger partial charge < -0.3 is 15.0 Å². The van der Waals surface area contributed by atoms with Crippen molar-refractivity contribution in [3.8, 4) is 5.75 Å². The SMILES string of the molecule is CNC(=O)[C@@H](C)N(Cc1cccc(OC)c1)C(=O)CN(c1cc(C)cc(C)c1)S(=O)(=O)c1ccccc1. The van der Waals surface area contributed by atoms with Crippen LogP contribution < -0.4 is 14.4 Å². The Hall–Kier alpha value is -3.85. The molecule has 8 nitrogen and oxygen atoms in total. The lowest BCUT2D eigenvalue weighted by molar-refractivity contribution is -0.139. The van der Waals surface area contributed by atoms with Gasteiger partial charge in [-0.15, -0.1) is 0 Å². The zero-order chi connectivity index (χ0) is 27.2. The number of sulfonamides is 1. The Morgan fingerprint density at radius 2 is 1.59 bits per heavy atom. The number of ether oxygens (including phenoxy) is 1. The zero-order valence-electron chi connectivity index (χ0n) is 21.8. The second kappa shape index (κ2) is 11.9. The fraction of sp³-hybridized carbons (Fsp3) is 0.286. The standard InChI is InChI=1S/C28H33N3O5S/c1-20-14-21(2)16-24(15-20)31(37(34,35)26-12-7-6-8-13-26)19-27(32)30(22(3)28(33)29-4)18-23-10-9-11-25(17-23)36-5/h6-17,22H,18-19H2,1-5H3,(H,29,33)/t22-/m1/s1. The van der Waals surface area contributed by atoms with E-state index in [0.717, 1.165) is 21.0 Å². The summed E-state index contributed by atoms with van der Waals surface area (Å²) in [5.41, 5.74) is 2.85. The molecule has 9 heteroatoms. The molecule has 0 unspecified atom stereocenters. The smallest absolute Gasteiger partial charge is 0.264 e. The molecule has 3 aromatic carbocycles. The second-order valence-electron chi connectivity index (χ2n) is 8.83. The van der Waals surface area contributed by atoms with E-state index in [0.29, 0.717) is 11.4 Å². The second-order valence-corrected chi connectivity index (χ2v) is 10.7. The van der Waals surface area contributed by atoms with E-state index < -0.39 is 28.5 Å². The lowest BCUT2D eigenvalue weighted by Gasteiger charge is -2.32. The number of amides is 2. The topological polar surface area (TPSA) is 96.0 Å². The molecule has 0 saturated carbocycles. The van der Waals surface area contributed by atoms with E-state index in [9.17, 15) is 18.0 Å². The van der Waals surface area contributed by atoms with Crippen LogP contribution in [0.1, 0.15) is 23.6 Å². The van der Waals surface area contributed by atoms with Crippen LogP contribution in [0.25, 0.3) is 0 Å². The van der Waals surface area contributed by atoms with Crippen LogP contribution in [0.2, 0.25) is 0 Å². The van der Waals surface area contributed by atoms with Gasteiger partial charge in [0.05, 0.1) is 17.7 Å². The predicted molar refractivity (Wildman–Crippen MR) is 144 cm³/mol. The van der Waals surface area contributed by atoms with Crippen LogP contribution in [-0.4, -0.2) is 51.9 Å². The van der Waals surface area contributed by atoms with Crippen molar-refractivity contribution in [2.24, 2.45) is 0 Å². The van der Waals surface area contributed by atoms with Gasteiger partial charge in [0.2, 0.25) is 11.8 Å². The van der Waals surface area contributed by atoms with Crippen LogP contribution in [0.5, 0.6) is 5.75 Å². The molecule has 3 rings (SSSR count). The molecule has 0 aliphatic carbocycles. The molecule has 3 aromatic rings. The van der Waals surface area contributed by atoms with Gasteiger partial charge >= 0.3 is 0 Å². The highest BCUT2D eigenvalue weighted by Gasteiger charge is 2.32. The fourth-order valence-electron chi connectivity index (χ4n) is 4.10. The number of anilines is 1. The molecule has 2 amide bonds. The van der Waals surface area contributed by atoms with Crippen LogP contribution in [0.3, 0.4) is 0 Å². The molecule has 0 aliphatic rings. The summed E-state index contributed by atoms with van der Waals surface area (Å²) in [5, 5.41) is 2.58. The number of hydrogen-bond donors (Lipinski definition) is 1. The highest BCUT2D eigenvalue weighted by Crippen LogP contribution is 2.27. The third-order valence-corrected chi connectivity index (χ3v) is 7.79. The molecular weight excluding hydrogens is 490 g/mol. The van der Waals surface area contributed by atoms with Crippen molar-refractivity contribution in [1.29, 1.82) is 0 Å². The number of carbonyl (C=O) groups excluding carboxylic acids is 2. The maximum Gasteiger partial charge on any atom is 0.264 e. The van der Waals surface area contributed by atoms with Gasteiger partial charge in [0.15, 0.2) is 0 Å². The summed E-state index contributed by atoms with van der Waals surface area (Å²) in [6.45, 7) is 4.97. The number of benzene rings is 3. The number of nitrogens with one attached hydrogen (secondary N) is 1. The average molecular weight is 524 g/mol. The van der Waals surface area contributed by atoms with E-state index in [-0.39, 0.29) is 17.3 Å². The first-order valence-electron chi connectivity index (χ1n) is 11.9. The molecule has 0 heterocycles. The summed E-state index contributed by atoms with van der Waals surface area (Å²) >= 11 is 0. The monoisotopic (exact) mass is 523 g/mol. The molecule has 196 valence electrons. The third-order valence-electron chi connectivity index (χ3n) is 6.01. The van der Waals surface area contributed by atoms with Gasteiger partial charge in [-0.3, -0.25) is 13.9 Å². The summed E-state index contributed by atoms with van der Waals surface area (Å²) in [5.74, 6) is -0.265. The van der Waals surface area contributed by atoms with Crippen molar-refractivity contribution in [2.45, 2.75) is 38.3 Å². The minimum absolute atomic E-state index is 0.0701. The number of aryl methyl sites for hydroxylation is 2. The van der Waals surface area contributed by atoms with Crippen LogP contribution in [0, 0.1) is 13.8 Å². The summed E-state index contributed by atoms with van der Waals surface area (Å²) in [7, 11) is -1.04. The van der Waals surface area contributed by atoms with Gasteiger partial charge in [0, 0.05) is 13.6 Å². The summed E-state index contributed by atoms with van der Waals surface area (Å²) in [6, 6.07) is 19.7. The van der Waals surface area contributed by atoms with Crippen molar-refractivity contribution in [3.05, 3.63) is 89.5 Å². The first-order valence-corrected chi connectivity index (χ1v) is 13.3. The van der Waals surface area contributed by atoms with E-state index in [4.69, 9.17) is 4.74 Å². The van der Waals surface area contributed by atoms with E-state index in [1.165, 1.54) is 24.1 Å². The first-order chi connectivity index (χ1) is 17.6. The van der Waals surface area contributed by atoms with E-state index >= 15 is 0 Å². The number of methoxy groups -OCH3 is 1. The molecule has 0 radical (unpaired) electrons. The Balaban J connectivity index is 2.05. The van der Waals surface area contributed by atoms with Crippen molar-refractivity contribution in [1.82, 2.24) is 10.2 Å². The number of carbonyl (C=O) groups is 2. The molecule has 0 fully saturated rings. The zero-order valence-corrected chi connectivity index (χ0v) is 22.6. The van der Waals surface area contributed by atoms with Crippen molar-refractivity contribution in [2.75, 3.05) is 25.0 Å². The molecule has 37 heavy (non-hydrogen) atoms. The number of nitrogens with zero attached hydrogens (tertiary/aromatic N) is 2. The minimum atomic E-state index is -4.09. The largest absolute Gasteiger partial charge is 0.497 e. The van der Waals surface area contributed by atoms with Crippen LogP contribution in [-0.2, 0) is 26.2 Å². The molecule has 1 atom stereocenters. The van der Waals surface area contributed by atoms with E-state index in [2.05, 4.69) is 5.32 Å². The number of hydrogen-bond acceptors (Lipinski definition) is 5. The first kappa shape index (κ1) is 27.7. The molecule has 0 saturated heterocycles. The molecule has 0 aliphatic heterocycles. The summed E-state index contributed by atoms with van der Waals surface area (Å²) < 4.78 is 34.0. The predicted octanol–water partition coefficient (Wildman–Crippen LogP) is 3.67. The van der Waals surface area contributed by atoms with E-state index in [1.54, 1.807) is 62.6 Å². The quantitative estimate of drug-likeness (QED) is 0.438. The Labute approximate surface area is 218 Å². The maximum atomic E-state index is 13.8. The lowest BCUT2D eigenvalue weighted by atomic mass is 10.1. The number of likely N-dealkylation sites (N-methyl/N-ethyl adjacent to an activating group) is 1. The van der Waals surface area contributed by atoms with Gasteiger partial charge in [-0.25, -0.2) is 8.42 Å². The Kier molecular flexibility index (Phi) is 8.94. The molecule has 0 spiro atoms. The summed E-state index contributed by atoms with van der Waals surface area (Å²) in [6.07, 6.45) is 0. The van der Waals surface area contributed by atoms with E-state index in [1.807, 2.05) is 26.0 Å². The molecular formula is C28H33N3O5S. The highest BCUT2D eigenvalue weighted by atomic mass is 32.2. The van der Waals surface area contributed by atoms with Gasteiger partial charge in [-0.05, 0) is 73.9 Å². The minimum Gasteiger partial charge on any atom is -0.497 e. The average Bonchev–Trinajstić information content (AvgIpc) is 2.89. The van der Waals surface area contributed by atoms with Crippen LogP contribution in [0.4, 0.5) is 5.69 Å². The lowest BCUT2D eigenvalue weighted by Crippen LogP contribution is -2.50. The van der Waals surface area contributed by atoms with Crippen molar-refractivity contribution >= 4 is 27.5 Å². The Morgan fingerprint density at radius 1 is 0.946 bits per heavy atom. The van der Waals surface area contributed by atoms with Crippen LogP contribution >= 0.6 is 0 Å². The number of rotatable bonds is 10. The normalized spacial score (nSPS) is 11.9. The molecule has 0 bridgehead atoms. The Morgan fingerprint density at radius 3 is 2.19 bits per heavy atom. The van der Waals surface area contributed by atoms with Crippen molar-refractivity contribution in [3.63, 3.8) is 0 Å². The molecule has 1 N–H and O–H groups in total. The fourth-order valence-corrected chi connectivity index (χ4v) is 5.52. The van der Waals surface area contributed by atoms with Gasteiger partial charge in [-0.1, -0.05) is 36.4 Å². The Bertz CT molecular complexity index is 1340. The summed E-state index contributed by atoms with van der Waals surface area (Å²) in [4.78, 5) is 27.8. The maximum absolute atomic E-state index is 13.8. The van der Waals surface area contributed by atoms with Crippen molar-refractivity contribution < 1.29 is 22.7 Å². The molecule has 0 aromatic heterocycles. The highest BCUT2D eigenvalue weighted by molar-refractivity contribution is 7.92. The van der Waals surface area contributed by atoms with Gasteiger partial charge in [-0.2, -0.15) is 0 Å².